The standard InChI is InChI=1S/C18H19ClO/c1-12-10-16(8-9-17(12)19)18(20)15-7-3-6-14(11-15)13-4-2-5-13/h3,6-11,13,18,20H,2,4-5H2,1H3. The molecule has 1 aliphatic carbocycles. The fourth-order valence-electron chi connectivity index (χ4n) is 2.76. The van der Waals surface area contributed by atoms with Gasteiger partial charge in [-0.25, -0.2) is 0 Å². The highest BCUT2D eigenvalue weighted by atomic mass is 35.5. The van der Waals surface area contributed by atoms with Crippen LogP contribution in [0.2, 0.25) is 5.02 Å². The number of halogens is 1. The second-order valence-electron chi connectivity index (χ2n) is 5.71. The molecular weight excluding hydrogens is 268 g/mol. The van der Waals surface area contributed by atoms with Crippen LogP contribution < -0.4 is 0 Å². The van der Waals surface area contributed by atoms with E-state index >= 15 is 0 Å². The Kier molecular flexibility index (Phi) is 3.82. The van der Waals surface area contributed by atoms with Gasteiger partial charge in [-0.05, 0) is 54.0 Å². The number of hydrogen-bond acceptors (Lipinski definition) is 1. The average molecular weight is 287 g/mol. The van der Waals surface area contributed by atoms with Gasteiger partial charge in [-0.15, -0.1) is 0 Å². The molecule has 104 valence electrons. The summed E-state index contributed by atoms with van der Waals surface area (Å²) < 4.78 is 0. The fourth-order valence-corrected chi connectivity index (χ4v) is 2.87. The zero-order chi connectivity index (χ0) is 14.1. The van der Waals surface area contributed by atoms with E-state index in [1.165, 1.54) is 24.8 Å². The van der Waals surface area contributed by atoms with Crippen LogP contribution in [-0.2, 0) is 0 Å². The Bertz CT molecular complexity index is 617. The maximum absolute atomic E-state index is 10.6. The summed E-state index contributed by atoms with van der Waals surface area (Å²) in [4.78, 5) is 0. The van der Waals surface area contributed by atoms with Gasteiger partial charge in [0.15, 0.2) is 0 Å². The Morgan fingerprint density at radius 1 is 1.10 bits per heavy atom. The molecule has 0 spiro atoms. The van der Waals surface area contributed by atoms with Crippen LogP contribution in [0.15, 0.2) is 42.5 Å². The number of hydrogen-bond donors (Lipinski definition) is 1. The second kappa shape index (κ2) is 5.59. The van der Waals surface area contributed by atoms with Crippen LogP contribution in [0, 0.1) is 6.92 Å². The Morgan fingerprint density at radius 3 is 2.50 bits per heavy atom. The lowest BCUT2D eigenvalue weighted by Crippen LogP contribution is -2.09. The van der Waals surface area contributed by atoms with Gasteiger partial charge in [0.2, 0.25) is 0 Å². The summed E-state index contributed by atoms with van der Waals surface area (Å²) in [5, 5.41) is 11.3. The van der Waals surface area contributed by atoms with E-state index in [0.717, 1.165) is 21.7 Å². The Morgan fingerprint density at radius 2 is 1.85 bits per heavy atom. The Labute approximate surface area is 125 Å². The van der Waals surface area contributed by atoms with Crippen LogP contribution in [0.3, 0.4) is 0 Å². The molecule has 1 nitrogen and oxygen atoms in total. The van der Waals surface area contributed by atoms with E-state index in [9.17, 15) is 5.11 Å². The van der Waals surface area contributed by atoms with Gasteiger partial charge < -0.3 is 5.11 Å². The monoisotopic (exact) mass is 286 g/mol. The van der Waals surface area contributed by atoms with Crippen LogP contribution >= 0.6 is 11.6 Å². The summed E-state index contributed by atoms with van der Waals surface area (Å²) in [5.74, 6) is 0.689. The largest absolute Gasteiger partial charge is 0.384 e. The minimum atomic E-state index is -0.578. The molecule has 1 unspecified atom stereocenters. The third kappa shape index (κ3) is 2.61. The molecular formula is C18H19ClO. The third-order valence-electron chi connectivity index (χ3n) is 4.30. The van der Waals surface area contributed by atoms with Crippen LogP contribution in [0.5, 0.6) is 0 Å². The molecule has 1 saturated carbocycles. The smallest absolute Gasteiger partial charge is 0.104 e. The van der Waals surface area contributed by atoms with Gasteiger partial charge in [0, 0.05) is 5.02 Å². The SMILES string of the molecule is Cc1cc(C(O)c2cccc(C3CCC3)c2)ccc1Cl. The van der Waals surface area contributed by atoms with Crippen molar-refractivity contribution in [2.45, 2.75) is 38.2 Å². The average Bonchev–Trinajstić information content (AvgIpc) is 2.39. The van der Waals surface area contributed by atoms with Crippen molar-refractivity contribution in [2.24, 2.45) is 0 Å². The fraction of sp³-hybridized carbons (Fsp3) is 0.333. The van der Waals surface area contributed by atoms with Gasteiger partial charge in [-0.2, -0.15) is 0 Å². The Balaban J connectivity index is 1.89. The van der Waals surface area contributed by atoms with Crippen molar-refractivity contribution in [2.75, 3.05) is 0 Å². The van der Waals surface area contributed by atoms with E-state index in [-0.39, 0.29) is 0 Å². The first-order valence-corrected chi connectivity index (χ1v) is 7.57. The highest BCUT2D eigenvalue weighted by Gasteiger charge is 2.20. The number of benzene rings is 2. The molecule has 0 aromatic heterocycles. The molecule has 2 aromatic rings. The van der Waals surface area contributed by atoms with Gasteiger partial charge in [-0.1, -0.05) is 54.4 Å². The molecule has 0 amide bonds. The van der Waals surface area contributed by atoms with Gasteiger partial charge in [0.25, 0.3) is 0 Å². The molecule has 1 atom stereocenters. The minimum absolute atomic E-state index is 0.578. The normalized spacial score (nSPS) is 16.8. The van der Waals surface area contributed by atoms with Crippen LogP contribution in [0.1, 0.15) is 53.5 Å². The van der Waals surface area contributed by atoms with Gasteiger partial charge >= 0.3 is 0 Å². The van der Waals surface area contributed by atoms with Crippen LogP contribution in [-0.4, -0.2) is 5.11 Å². The number of aryl methyl sites for hydroxylation is 1. The number of aliphatic hydroxyl groups is 1. The molecule has 3 rings (SSSR count). The number of rotatable bonds is 3. The molecule has 0 heterocycles. The van der Waals surface area contributed by atoms with E-state index in [1.54, 1.807) is 0 Å². The second-order valence-corrected chi connectivity index (χ2v) is 6.12. The van der Waals surface area contributed by atoms with Crippen molar-refractivity contribution in [1.82, 2.24) is 0 Å². The first-order chi connectivity index (χ1) is 9.65. The lowest BCUT2D eigenvalue weighted by Gasteiger charge is -2.26. The van der Waals surface area contributed by atoms with Crippen molar-refractivity contribution in [3.05, 3.63) is 69.7 Å². The highest BCUT2D eigenvalue weighted by molar-refractivity contribution is 6.31. The van der Waals surface area contributed by atoms with E-state index in [4.69, 9.17) is 11.6 Å². The zero-order valence-corrected chi connectivity index (χ0v) is 12.4. The minimum Gasteiger partial charge on any atom is -0.384 e. The first-order valence-electron chi connectivity index (χ1n) is 7.19. The van der Waals surface area contributed by atoms with E-state index in [0.29, 0.717) is 5.92 Å². The molecule has 2 heteroatoms. The van der Waals surface area contributed by atoms with E-state index < -0.39 is 6.10 Å². The zero-order valence-electron chi connectivity index (χ0n) is 11.6. The van der Waals surface area contributed by atoms with Crippen LogP contribution in [0.4, 0.5) is 0 Å². The summed E-state index contributed by atoms with van der Waals surface area (Å²) >= 11 is 6.04. The molecule has 2 aromatic carbocycles. The molecule has 1 aliphatic rings. The molecule has 0 saturated heterocycles. The molecule has 0 bridgehead atoms. The number of aliphatic hydroxyl groups excluding tert-OH is 1. The molecule has 1 fully saturated rings. The predicted molar refractivity (Wildman–Crippen MR) is 83.3 cm³/mol. The maximum Gasteiger partial charge on any atom is 0.104 e. The first kappa shape index (κ1) is 13.7. The summed E-state index contributed by atoms with van der Waals surface area (Å²) in [6.45, 7) is 1.96. The van der Waals surface area contributed by atoms with E-state index in [1.807, 2.05) is 31.2 Å². The molecule has 0 aliphatic heterocycles. The lowest BCUT2D eigenvalue weighted by atomic mass is 9.79. The van der Waals surface area contributed by atoms with E-state index in [2.05, 4.69) is 18.2 Å². The molecule has 0 radical (unpaired) electrons. The van der Waals surface area contributed by atoms with Gasteiger partial charge in [-0.3, -0.25) is 0 Å². The van der Waals surface area contributed by atoms with Gasteiger partial charge in [0.1, 0.15) is 6.10 Å². The van der Waals surface area contributed by atoms with Crippen LogP contribution in [0.25, 0.3) is 0 Å². The topological polar surface area (TPSA) is 20.2 Å². The summed E-state index contributed by atoms with van der Waals surface area (Å²) in [5.41, 5.74) is 4.23. The van der Waals surface area contributed by atoms with Crippen molar-refractivity contribution in [3.63, 3.8) is 0 Å². The highest BCUT2D eigenvalue weighted by Crippen LogP contribution is 2.37. The summed E-state index contributed by atoms with van der Waals surface area (Å²) in [6.07, 6.45) is 3.30. The van der Waals surface area contributed by atoms with Gasteiger partial charge in [0.05, 0.1) is 0 Å². The maximum atomic E-state index is 10.6. The summed E-state index contributed by atoms with van der Waals surface area (Å²) in [7, 11) is 0. The lowest BCUT2D eigenvalue weighted by molar-refractivity contribution is 0.220. The quantitative estimate of drug-likeness (QED) is 0.842. The van der Waals surface area contributed by atoms with Crippen molar-refractivity contribution < 1.29 is 5.11 Å². The van der Waals surface area contributed by atoms with Crippen molar-refractivity contribution >= 4 is 11.6 Å². The predicted octanol–water partition coefficient (Wildman–Crippen LogP) is 5.00. The summed E-state index contributed by atoms with van der Waals surface area (Å²) in [6, 6.07) is 14.1. The third-order valence-corrected chi connectivity index (χ3v) is 4.72. The van der Waals surface area contributed by atoms with Crippen molar-refractivity contribution in [3.8, 4) is 0 Å². The molecule has 20 heavy (non-hydrogen) atoms. The Hall–Kier alpha value is -1.31. The molecule has 1 N–H and O–H groups in total. The van der Waals surface area contributed by atoms with Crippen molar-refractivity contribution in [1.29, 1.82) is 0 Å².